The van der Waals surface area contributed by atoms with Crippen LogP contribution in [0.15, 0.2) is 6.20 Å². The first-order chi connectivity index (χ1) is 4.43. The summed E-state index contributed by atoms with van der Waals surface area (Å²) in [5.41, 5.74) is 0.965. The predicted octanol–water partition coefficient (Wildman–Crippen LogP) is 0.624. The predicted molar refractivity (Wildman–Crippen MR) is 32.7 cm³/mol. The van der Waals surface area contributed by atoms with Gasteiger partial charge in [0.05, 0.1) is 11.9 Å². The van der Waals surface area contributed by atoms with Gasteiger partial charge in [-0.05, 0) is 6.42 Å². The summed E-state index contributed by atoms with van der Waals surface area (Å²) < 4.78 is 0. The molecule has 0 aliphatic heterocycles. The topological polar surface area (TPSA) is 38.7 Å². The normalized spacial score (nSPS) is 9.44. The van der Waals surface area contributed by atoms with Crippen molar-refractivity contribution in [2.75, 3.05) is 0 Å². The maximum absolute atomic E-state index is 3.87. The molecule has 1 aromatic rings. The van der Waals surface area contributed by atoms with Crippen LogP contribution in [-0.4, -0.2) is 15.2 Å². The summed E-state index contributed by atoms with van der Waals surface area (Å²) in [5.74, 6) is 0. The van der Waals surface area contributed by atoms with Gasteiger partial charge in [0.15, 0.2) is 0 Å². The minimum absolute atomic E-state index is 0.964. The van der Waals surface area contributed by atoms with Crippen LogP contribution in [0.2, 0.25) is 0 Å². The van der Waals surface area contributed by atoms with E-state index in [0.29, 0.717) is 0 Å². The highest BCUT2D eigenvalue weighted by molar-refractivity contribution is 4.89. The van der Waals surface area contributed by atoms with Crippen molar-refractivity contribution in [3.05, 3.63) is 18.2 Å². The number of aromatic nitrogens is 3. The maximum Gasteiger partial charge on any atom is 0.221 e. The monoisotopic (exact) mass is 122 g/mol. The van der Waals surface area contributed by atoms with Crippen molar-refractivity contribution >= 4 is 0 Å². The van der Waals surface area contributed by atoms with Crippen LogP contribution in [0.4, 0.5) is 0 Å². The molecule has 0 aromatic carbocycles. The number of hydrogen-bond acceptors (Lipinski definition) is 3. The molecule has 3 heteroatoms. The molecule has 1 aromatic heterocycles. The number of hydrogen-bond donors (Lipinski definition) is 0. The molecule has 0 aliphatic rings. The molecule has 9 heavy (non-hydrogen) atoms. The van der Waals surface area contributed by atoms with Crippen LogP contribution in [0.1, 0.15) is 19.0 Å². The second-order valence-electron chi connectivity index (χ2n) is 1.80. The summed E-state index contributed by atoms with van der Waals surface area (Å²) in [6.45, 7) is 2.10. The van der Waals surface area contributed by atoms with Crippen molar-refractivity contribution in [3.63, 3.8) is 0 Å². The van der Waals surface area contributed by atoms with Gasteiger partial charge < -0.3 is 0 Å². The van der Waals surface area contributed by atoms with Gasteiger partial charge in [-0.15, -0.1) is 5.10 Å². The Morgan fingerprint density at radius 1 is 1.67 bits per heavy atom. The number of rotatable bonds is 2. The van der Waals surface area contributed by atoms with Gasteiger partial charge in [0.1, 0.15) is 0 Å². The first-order valence-corrected chi connectivity index (χ1v) is 2.98. The van der Waals surface area contributed by atoms with Gasteiger partial charge in [0, 0.05) is 0 Å². The maximum atomic E-state index is 3.87. The van der Waals surface area contributed by atoms with E-state index in [0.717, 1.165) is 18.5 Å². The third kappa shape index (κ3) is 1.76. The highest BCUT2D eigenvalue weighted by Gasteiger charge is 1.88. The summed E-state index contributed by atoms with van der Waals surface area (Å²) in [7, 11) is 0. The zero-order chi connectivity index (χ0) is 6.53. The van der Waals surface area contributed by atoms with E-state index >= 15 is 0 Å². The van der Waals surface area contributed by atoms with Crippen LogP contribution in [-0.2, 0) is 6.42 Å². The lowest BCUT2D eigenvalue weighted by molar-refractivity contribution is 0.830. The lowest BCUT2D eigenvalue weighted by Crippen LogP contribution is -1.91. The van der Waals surface area contributed by atoms with E-state index in [2.05, 4.69) is 28.4 Å². The number of nitrogens with zero attached hydrogens (tertiary/aromatic N) is 3. The van der Waals surface area contributed by atoms with E-state index < -0.39 is 0 Å². The van der Waals surface area contributed by atoms with Gasteiger partial charge in [-0.25, -0.2) is 4.98 Å². The average Bonchev–Trinajstić information content (AvgIpc) is 1.91. The van der Waals surface area contributed by atoms with Crippen molar-refractivity contribution in [2.45, 2.75) is 19.8 Å². The third-order valence-corrected chi connectivity index (χ3v) is 1.01. The Morgan fingerprint density at radius 2 is 2.56 bits per heavy atom. The molecule has 0 atom stereocenters. The van der Waals surface area contributed by atoms with Gasteiger partial charge in [0.25, 0.3) is 0 Å². The van der Waals surface area contributed by atoms with Crippen molar-refractivity contribution in [1.29, 1.82) is 0 Å². The quantitative estimate of drug-likeness (QED) is 0.577. The molecule has 0 spiro atoms. The van der Waals surface area contributed by atoms with E-state index in [4.69, 9.17) is 0 Å². The Morgan fingerprint density at radius 3 is 3.11 bits per heavy atom. The van der Waals surface area contributed by atoms with Gasteiger partial charge in [0.2, 0.25) is 6.33 Å². The molecule has 1 radical (unpaired) electrons. The minimum atomic E-state index is 0.964. The Balaban J connectivity index is 2.61. The van der Waals surface area contributed by atoms with Crippen LogP contribution < -0.4 is 0 Å². The Hall–Kier alpha value is -0.990. The zero-order valence-corrected chi connectivity index (χ0v) is 5.33. The first kappa shape index (κ1) is 6.13. The second kappa shape index (κ2) is 3.12. The Bertz CT molecular complexity index is 161. The molecule has 0 amide bonds. The van der Waals surface area contributed by atoms with Crippen LogP contribution >= 0.6 is 0 Å². The fourth-order valence-corrected chi connectivity index (χ4v) is 0.613. The number of aryl methyl sites for hydroxylation is 1. The fraction of sp³-hybridized carbons (Fsp3) is 0.500. The molecular weight excluding hydrogens is 114 g/mol. The Labute approximate surface area is 54.2 Å². The van der Waals surface area contributed by atoms with E-state index in [-0.39, 0.29) is 0 Å². The van der Waals surface area contributed by atoms with Gasteiger partial charge in [-0.2, -0.15) is 5.10 Å². The van der Waals surface area contributed by atoms with Crippen molar-refractivity contribution in [1.82, 2.24) is 15.2 Å². The molecule has 0 unspecified atom stereocenters. The second-order valence-corrected chi connectivity index (χ2v) is 1.80. The third-order valence-electron chi connectivity index (χ3n) is 1.01. The smallest absolute Gasteiger partial charge is 0.221 e. The summed E-state index contributed by atoms with van der Waals surface area (Å²) in [5, 5.41) is 7.08. The molecule has 3 nitrogen and oxygen atoms in total. The van der Waals surface area contributed by atoms with Crippen LogP contribution in [0, 0.1) is 6.33 Å². The average molecular weight is 122 g/mol. The van der Waals surface area contributed by atoms with Crippen LogP contribution in [0.25, 0.3) is 0 Å². The molecule has 0 saturated carbocycles. The molecule has 0 bridgehead atoms. The molecule has 0 fully saturated rings. The summed E-state index contributed by atoms with van der Waals surface area (Å²) in [6.07, 6.45) is 6.16. The first-order valence-electron chi connectivity index (χ1n) is 2.98. The lowest BCUT2D eigenvalue weighted by Gasteiger charge is -1.90. The molecule has 0 aliphatic carbocycles. The molecule has 1 rings (SSSR count). The lowest BCUT2D eigenvalue weighted by atomic mass is 10.3. The Kier molecular flexibility index (Phi) is 2.13. The van der Waals surface area contributed by atoms with Crippen molar-refractivity contribution in [2.24, 2.45) is 0 Å². The molecule has 0 N–H and O–H groups in total. The zero-order valence-electron chi connectivity index (χ0n) is 5.33. The highest BCUT2D eigenvalue weighted by Crippen LogP contribution is 1.92. The van der Waals surface area contributed by atoms with E-state index in [1.165, 1.54) is 0 Å². The van der Waals surface area contributed by atoms with E-state index in [1.807, 2.05) is 0 Å². The highest BCUT2D eigenvalue weighted by atomic mass is 15.1. The molecule has 0 saturated heterocycles. The minimum Gasteiger partial charge on any atom is -0.227 e. The van der Waals surface area contributed by atoms with Gasteiger partial charge in [-0.3, -0.25) is 0 Å². The summed E-state index contributed by atoms with van der Waals surface area (Å²) >= 11 is 0. The molecular formula is C6H8N3. The van der Waals surface area contributed by atoms with Crippen molar-refractivity contribution < 1.29 is 0 Å². The van der Waals surface area contributed by atoms with Gasteiger partial charge in [-0.1, -0.05) is 13.3 Å². The molecule has 47 valence electrons. The largest absolute Gasteiger partial charge is 0.227 e. The fourth-order valence-electron chi connectivity index (χ4n) is 0.613. The van der Waals surface area contributed by atoms with Crippen molar-refractivity contribution in [3.8, 4) is 0 Å². The van der Waals surface area contributed by atoms with E-state index in [1.54, 1.807) is 6.20 Å². The molecule has 1 heterocycles. The summed E-state index contributed by atoms with van der Waals surface area (Å²) in [6, 6.07) is 0. The standard InChI is InChI=1S/C6H8N3/c1-2-3-6-4-8-9-5-7-6/h4H,2-3H2,1H3. The summed E-state index contributed by atoms with van der Waals surface area (Å²) in [4.78, 5) is 3.87. The van der Waals surface area contributed by atoms with Gasteiger partial charge >= 0.3 is 0 Å². The van der Waals surface area contributed by atoms with Crippen LogP contribution in [0.5, 0.6) is 0 Å². The van der Waals surface area contributed by atoms with Crippen LogP contribution in [0.3, 0.4) is 0 Å². The van der Waals surface area contributed by atoms with E-state index in [9.17, 15) is 0 Å². The SMILES string of the molecule is CCCc1cnn[c]n1.